The molecule has 0 bridgehead atoms. The van der Waals surface area contributed by atoms with Crippen LogP contribution in [0, 0.1) is 0 Å². The highest BCUT2D eigenvalue weighted by Gasteiger charge is 2.30. The maximum atomic E-state index is 12.8. The van der Waals surface area contributed by atoms with E-state index < -0.39 is 17.7 Å². The summed E-state index contributed by atoms with van der Waals surface area (Å²) in [4.78, 5) is 15.1. The normalized spacial score (nSPS) is 11.6. The molecule has 1 N–H and O–H groups in total. The predicted molar refractivity (Wildman–Crippen MR) is 123 cm³/mol. The van der Waals surface area contributed by atoms with Gasteiger partial charge in [-0.25, -0.2) is 9.67 Å². The highest BCUT2D eigenvalue weighted by molar-refractivity contribution is 5.72. The van der Waals surface area contributed by atoms with Gasteiger partial charge < -0.3 is 14.6 Å². The zero-order valence-electron chi connectivity index (χ0n) is 19.8. The lowest BCUT2D eigenvalue weighted by Crippen LogP contribution is -2.08. The Morgan fingerprint density at radius 2 is 1.91 bits per heavy atom. The molecule has 0 aliphatic carbocycles. The predicted octanol–water partition coefficient (Wildman–Crippen LogP) is 5.45. The van der Waals surface area contributed by atoms with Gasteiger partial charge in [0.15, 0.2) is 17.3 Å². The number of halogens is 3. The molecular formula is C25H28F3N3O4. The molecule has 3 aromatic rings. The Balaban J connectivity index is 1.72. The number of aliphatic carboxylic acids is 1. The smallest absolute Gasteiger partial charge is 0.417 e. The lowest BCUT2D eigenvalue weighted by Gasteiger charge is -2.15. The topological polar surface area (TPSA) is 86.5 Å². The first-order chi connectivity index (χ1) is 16.6. The van der Waals surface area contributed by atoms with Crippen molar-refractivity contribution in [1.82, 2.24) is 14.8 Å². The molecule has 1 aromatic carbocycles. The fraction of sp³-hybridized carbons (Fsp3) is 0.400. The molecule has 2 aromatic heterocycles. The van der Waals surface area contributed by atoms with Crippen LogP contribution in [-0.4, -0.2) is 39.1 Å². The van der Waals surface area contributed by atoms with Crippen molar-refractivity contribution in [3.05, 3.63) is 65.1 Å². The molecule has 0 amide bonds. The fourth-order valence-corrected chi connectivity index (χ4v) is 3.64. The standard InChI is InChI=1S/C25H28F3N3O4/c1-4-34-20-9-5-7-17(13-22(32)33)24(20)35-12-6-8-18-15-31(30-23(18)16(2)3)21-11-10-19(14-29-21)25(26,27)28/h5,7,9-11,14-16H,4,6,8,12-13H2,1-3H3,(H,32,33). The molecule has 35 heavy (non-hydrogen) atoms. The third kappa shape index (κ3) is 6.74. The van der Waals surface area contributed by atoms with Crippen LogP contribution >= 0.6 is 0 Å². The van der Waals surface area contributed by atoms with Crippen molar-refractivity contribution in [2.75, 3.05) is 13.2 Å². The number of para-hydroxylation sites is 1. The Morgan fingerprint density at radius 1 is 1.14 bits per heavy atom. The van der Waals surface area contributed by atoms with Crippen LogP contribution < -0.4 is 9.47 Å². The van der Waals surface area contributed by atoms with E-state index >= 15 is 0 Å². The van der Waals surface area contributed by atoms with E-state index in [1.54, 1.807) is 24.4 Å². The first-order valence-corrected chi connectivity index (χ1v) is 11.3. The van der Waals surface area contributed by atoms with E-state index in [-0.39, 0.29) is 12.3 Å². The van der Waals surface area contributed by atoms with E-state index in [4.69, 9.17) is 9.47 Å². The Hall–Kier alpha value is -3.56. The molecule has 0 spiro atoms. The number of aromatic nitrogens is 3. The molecule has 0 unspecified atom stereocenters. The zero-order valence-corrected chi connectivity index (χ0v) is 19.8. The number of carbonyl (C=O) groups is 1. The van der Waals surface area contributed by atoms with Gasteiger partial charge in [0.2, 0.25) is 0 Å². The highest BCUT2D eigenvalue weighted by Crippen LogP contribution is 2.32. The molecule has 188 valence electrons. The molecule has 0 radical (unpaired) electrons. The second-order valence-corrected chi connectivity index (χ2v) is 8.24. The van der Waals surface area contributed by atoms with Crippen LogP contribution in [0.4, 0.5) is 13.2 Å². The maximum absolute atomic E-state index is 12.8. The van der Waals surface area contributed by atoms with Gasteiger partial charge in [-0.05, 0) is 49.4 Å². The number of benzene rings is 1. The first kappa shape index (κ1) is 26.1. The van der Waals surface area contributed by atoms with Gasteiger partial charge >= 0.3 is 12.1 Å². The minimum Gasteiger partial charge on any atom is -0.490 e. The molecule has 0 aliphatic heterocycles. The fourth-order valence-electron chi connectivity index (χ4n) is 3.64. The van der Waals surface area contributed by atoms with E-state index in [9.17, 15) is 23.1 Å². The summed E-state index contributed by atoms with van der Waals surface area (Å²) in [5.41, 5.74) is 1.49. The average Bonchev–Trinajstić information content (AvgIpc) is 3.22. The molecule has 7 nitrogen and oxygen atoms in total. The van der Waals surface area contributed by atoms with Gasteiger partial charge in [-0.2, -0.15) is 18.3 Å². The monoisotopic (exact) mass is 491 g/mol. The van der Waals surface area contributed by atoms with Crippen molar-refractivity contribution in [3.8, 4) is 17.3 Å². The Labute approximate surface area is 201 Å². The molecule has 10 heteroatoms. The largest absolute Gasteiger partial charge is 0.490 e. The van der Waals surface area contributed by atoms with E-state index in [1.807, 2.05) is 20.8 Å². The number of alkyl halides is 3. The van der Waals surface area contributed by atoms with Crippen molar-refractivity contribution >= 4 is 5.97 Å². The quantitative estimate of drug-likeness (QED) is 0.359. The van der Waals surface area contributed by atoms with Gasteiger partial charge in [-0.1, -0.05) is 26.0 Å². The number of nitrogens with zero attached hydrogens (tertiary/aromatic N) is 3. The van der Waals surface area contributed by atoms with Crippen molar-refractivity contribution in [1.29, 1.82) is 0 Å². The van der Waals surface area contributed by atoms with Crippen molar-refractivity contribution < 1.29 is 32.5 Å². The van der Waals surface area contributed by atoms with Gasteiger partial charge in [0.25, 0.3) is 0 Å². The van der Waals surface area contributed by atoms with Crippen LogP contribution in [0.1, 0.15) is 55.5 Å². The van der Waals surface area contributed by atoms with E-state index in [0.717, 1.165) is 23.5 Å². The van der Waals surface area contributed by atoms with Crippen LogP contribution in [0.3, 0.4) is 0 Å². The molecule has 0 aliphatic rings. The molecule has 0 atom stereocenters. The van der Waals surface area contributed by atoms with Gasteiger partial charge in [-0.15, -0.1) is 0 Å². The number of carboxylic acids is 1. The number of hydrogen-bond acceptors (Lipinski definition) is 5. The van der Waals surface area contributed by atoms with Crippen LogP contribution in [0.5, 0.6) is 11.5 Å². The summed E-state index contributed by atoms with van der Waals surface area (Å²) in [5.74, 6) is 0.351. The van der Waals surface area contributed by atoms with Crippen molar-refractivity contribution in [2.24, 2.45) is 0 Å². The van der Waals surface area contributed by atoms with Gasteiger partial charge in [0.05, 0.1) is 30.9 Å². The lowest BCUT2D eigenvalue weighted by molar-refractivity contribution is -0.138. The van der Waals surface area contributed by atoms with Crippen molar-refractivity contribution in [2.45, 2.75) is 52.1 Å². The molecular weight excluding hydrogens is 463 g/mol. The third-order valence-corrected chi connectivity index (χ3v) is 5.22. The molecule has 3 rings (SSSR count). The third-order valence-electron chi connectivity index (χ3n) is 5.22. The van der Waals surface area contributed by atoms with Gasteiger partial charge in [0, 0.05) is 18.0 Å². The Bertz CT molecular complexity index is 1140. The Kier molecular flexibility index (Phi) is 8.37. The van der Waals surface area contributed by atoms with Crippen LogP contribution in [-0.2, 0) is 23.8 Å². The second kappa shape index (κ2) is 11.2. The summed E-state index contributed by atoms with van der Waals surface area (Å²) in [7, 11) is 0. The minimum atomic E-state index is -4.45. The van der Waals surface area contributed by atoms with Crippen LogP contribution in [0.25, 0.3) is 5.82 Å². The number of ether oxygens (including phenoxy) is 2. The van der Waals surface area contributed by atoms with Crippen LogP contribution in [0.2, 0.25) is 0 Å². The average molecular weight is 492 g/mol. The first-order valence-electron chi connectivity index (χ1n) is 11.3. The molecule has 0 saturated carbocycles. The lowest BCUT2D eigenvalue weighted by atomic mass is 10.0. The summed E-state index contributed by atoms with van der Waals surface area (Å²) in [6.45, 7) is 6.55. The molecule has 0 fully saturated rings. The summed E-state index contributed by atoms with van der Waals surface area (Å²) < 4.78 is 51.5. The summed E-state index contributed by atoms with van der Waals surface area (Å²) in [5, 5.41) is 13.7. The Morgan fingerprint density at radius 3 is 2.51 bits per heavy atom. The SMILES string of the molecule is CCOc1cccc(CC(=O)O)c1OCCCc1cn(-c2ccc(C(F)(F)F)cn2)nc1C(C)C. The van der Waals surface area contributed by atoms with Gasteiger partial charge in [-0.3, -0.25) is 4.79 Å². The number of aryl methyl sites for hydroxylation is 1. The second-order valence-electron chi connectivity index (χ2n) is 8.24. The van der Waals surface area contributed by atoms with E-state index in [0.29, 0.717) is 48.9 Å². The molecule has 2 heterocycles. The number of rotatable bonds is 11. The number of carboxylic acid groups (broad SMARTS) is 1. The highest BCUT2D eigenvalue weighted by atomic mass is 19.4. The summed E-state index contributed by atoms with van der Waals surface area (Å²) in [6.07, 6.45) is -0.841. The maximum Gasteiger partial charge on any atom is 0.417 e. The summed E-state index contributed by atoms with van der Waals surface area (Å²) in [6, 6.07) is 7.44. The van der Waals surface area contributed by atoms with E-state index in [1.165, 1.54) is 10.7 Å². The van der Waals surface area contributed by atoms with E-state index in [2.05, 4.69) is 10.1 Å². The zero-order chi connectivity index (χ0) is 25.6. The number of hydrogen-bond donors (Lipinski definition) is 1. The minimum absolute atomic E-state index is 0.0995. The van der Waals surface area contributed by atoms with Crippen LogP contribution in [0.15, 0.2) is 42.7 Å². The van der Waals surface area contributed by atoms with Gasteiger partial charge in [0.1, 0.15) is 0 Å². The number of pyridine rings is 1. The van der Waals surface area contributed by atoms with Crippen molar-refractivity contribution in [3.63, 3.8) is 0 Å². The molecule has 0 saturated heterocycles. The summed E-state index contributed by atoms with van der Waals surface area (Å²) >= 11 is 0.